The van der Waals surface area contributed by atoms with Gasteiger partial charge in [-0.2, -0.15) is 21.6 Å². The number of alkyl halides is 3. The lowest BCUT2D eigenvalue weighted by atomic mass is 9.71. The molecule has 0 radical (unpaired) electrons. The summed E-state index contributed by atoms with van der Waals surface area (Å²) in [4.78, 5) is 21.6. The monoisotopic (exact) mass is 659 g/mol. The van der Waals surface area contributed by atoms with Crippen LogP contribution in [0.15, 0.2) is 47.6 Å². The molecule has 0 bridgehead atoms. The number of rotatable bonds is 5. The van der Waals surface area contributed by atoms with Crippen molar-refractivity contribution in [2.24, 2.45) is 4.99 Å². The molecule has 12 heteroatoms. The van der Waals surface area contributed by atoms with Gasteiger partial charge in [-0.1, -0.05) is 30.3 Å². The highest BCUT2D eigenvalue weighted by atomic mass is 32.2. The second-order valence-corrected chi connectivity index (χ2v) is 15.4. The normalized spacial score (nSPS) is 21.7. The van der Waals surface area contributed by atoms with Crippen molar-refractivity contribution in [3.8, 4) is 16.9 Å². The molecule has 1 aliphatic carbocycles. The number of amides is 1. The summed E-state index contributed by atoms with van der Waals surface area (Å²) in [5.41, 5.74) is -0.158. The molecule has 0 saturated carbocycles. The van der Waals surface area contributed by atoms with Gasteiger partial charge in [0.2, 0.25) is 0 Å². The van der Waals surface area contributed by atoms with Crippen LogP contribution in [0.5, 0.6) is 5.75 Å². The third kappa shape index (κ3) is 6.17. The molecule has 46 heavy (non-hydrogen) atoms. The summed E-state index contributed by atoms with van der Waals surface area (Å²) < 4.78 is 74.0. The maximum absolute atomic E-state index is 13.2. The molecular weight excluding hydrogens is 619 g/mol. The Kier molecular flexibility index (Phi) is 8.28. The Morgan fingerprint density at radius 1 is 0.978 bits per heavy atom. The van der Waals surface area contributed by atoms with Gasteiger partial charge in [0, 0.05) is 30.4 Å². The Morgan fingerprint density at radius 2 is 1.65 bits per heavy atom. The van der Waals surface area contributed by atoms with Crippen molar-refractivity contribution in [3.63, 3.8) is 0 Å². The first-order valence-electron chi connectivity index (χ1n) is 15.8. The van der Waals surface area contributed by atoms with Crippen LogP contribution < -0.4 is 4.18 Å². The molecule has 3 aliphatic heterocycles. The highest BCUT2D eigenvalue weighted by Gasteiger charge is 2.50. The van der Waals surface area contributed by atoms with Crippen LogP contribution in [0.25, 0.3) is 16.7 Å². The quantitative estimate of drug-likeness (QED) is 0.252. The number of ether oxygens (including phenoxy) is 1. The van der Waals surface area contributed by atoms with Crippen molar-refractivity contribution in [1.29, 1.82) is 0 Å². The summed E-state index contributed by atoms with van der Waals surface area (Å²) in [5.74, 6) is -0.239. The largest absolute Gasteiger partial charge is 0.534 e. The second-order valence-electron chi connectivity index (χ2n) is 13.9. The van der Waals surface area contributed by atoms with Gasteiger partial charge in [-0.25, -0.2) is 4.79 Å². The summed E-state index contributed by atoms with van der Waals surface area (Å²) in [5, 5.41) is 0. The van der Waals surface area contributed by atoms with Crippen LogP contribution in [-0.2, 0) is 26.7 Å². The van der Waals surface area contributed by atoms with E-state index in [0.717, 1.165) is 78.7 Å². The van der Waals surface area contributed by atoms with Crippen LogP contribution in [0.1, 0.15) is 76.0 Å². The summed E-state index contributed by atoms with van der Waals surface area (Å²) in [6.07, 6.45) is 6.70. The van der Waals surface area contributed by atoms with Gasteiger partial charge in [0.1, 0.15) is 11.4 Å². The maximum atomic E-state index is 13.2. The van der Waals surface area contributed by atoms with Crippen LogP contribution in [0.2, 0.25) is 0 Å². The second kappa shape index (κ2) is 11.7. The van der Waals surface area contributed by atoms with Crippen molar-refractivity contribution in [3.05, 3.63) is 59.3 Å². The van der Waals surface area contributed by atoms with E-state index in [0.29, 0.717) is 24.9 Å². The maximum Gasteiger partial charge on any atom is 0.534 e. The van der Waals surface area contributed by atoms with Gasteiger partial charge < -0.3 is 13.8 Å². The highest BCUT2D eigenvalue weighted by Crippen LogP contribution is 2.53. The number of carbonyl (C=O) groups is 1. The van der Waals surface area contributed by atoms with Gasteiger partial charge in [-0.05, 0) is 119 Å². The number of nitrogens with zero attached hydrogens (tertiary/aromatic N) is 3. The van der Waals surface area contributed by atoms with E-state index in [9.17, 15) is 26.4 Å². The van der Waals surface area contributed by atoms with Crippen molar-refractivity contribution in [2.75, 3.05) is 26.7 Å². The molecule has 248 valence electrons. The molecule has 1 atom stereocenters. The van der Waals surface area contributed by atoms with E-state index in [4.69, 9.17) is 13.9 Å². The van der Waals surface area contributed by atoms with Gasteiger partial charge in [-0.3, -0.25) is 9.89 Å². The lowest BCUT2D eigenvalue weighted by Gasteiger charge is -2.39. The third-order valence-electron chi connectivity index (χ3n) is 9.67. The van der Waals surface area contributed by atoms with Crippen LogP contribution in [0.4, 0.5) is 18.0 Å². The number of aliphatic imine (C=N–C) groups is 1. The number of benzene rings is 2. The summed E-state index contributed by atoms with van der Waals surface area (Å²) >= 11 is 0. The first-order valence-corrected chi connectivity index (χ1v) is 17.2. The Hall–Kier alpha value is -3.38. The van der Waals surface area contributed by atoms with E-state index in [2.05, 4.69) is 4.90 Å². The first kappa shape index (κ1) is 32.6. The van der Waals surface area contributed by atoms with Gasteiger partial charge in [0.15, 0.2) is 0 Å². The Morgan fingerprint density at radius 3 is 2.30 bits per heavy atom. The predicted molar refractivity (Wildman–Crippen MR) is 170 cm³/mol. The molecule has 3 heterocycles. The fraction of sp³-hybridized carbons (Fsp3) is 0.529. The number of hydrogen-bond donors (Lipinski definition) is 0. The van der Waals surface area contributed by atoms with Crippen molar-refractivity contribution < 1.29 is 35.3 Å². The molecule has 0 N–H and O–H groups in total. The van der Waals surface area contributed by atoms with Gasteiger partial charge in [-0.15, -0.1) is 0 Å². The molecule has 8 nitrogen and oxygen atoms in total. The van der Waals surface area contributed by atoms with Crippen molar-refractivity contribution in [2.45, 2.75) is 88.3 Å². The minimum atomic E-state index is -5.80. The molecule has 0 aromatic heterocycles. The molecule has 6 rings (SSSR count). The van der Waals surface area contributed by atoms with Crippen LogP contribution in [0.3, 0.4) is 0 Å². The molecule has 4 aliphatic rings. The van der Waals surface area contributed by atoms with Gasteiger partial charge in [0.05, 0.1) is 6.04 Å². The van der Waals surface area contributed by atoms with Crippen LogP contribution in [-0.4, -0.2) is 73.9 Å². The van der Waals surface area contributed by atoms with Crippen molar-refractivity contribution >= 4 is 27.5 Å². The minimum absolute atomic E-state index is 0.0990. The molecular formula is C34H40F3N3O5S. The summed E-state index contributed by atoms with van der Waals surface area (Å²) in [6, 6.07) is 11.0. The molecule has 2 fully saturated rings. The molecule has 1 spiro atoms. The van der Waals surface area contributed by atoms with E-state index in [-0.39, 0.29) is 23.3 Å². The highest BCUT2D eigenvalue weighted by molar-refractivity contribution is 7.88. The molecule has 0 unspecified atom stereocenters. The molecule has 2 aromatic rings. The minimum Gasteiger partial charge on any atom is -0.444 e. The molecule has 1 amide bonds. The van der Waals surface area contributed by atoms with Gasteiger partial charge >= 0.3 is 21.7 Å². The number of allylic oxidation sites excluding steroid dienone is 1. The zero-order valence-corrected chi connectivity index (χ0v) is 27.4. The zero-order valence-electron chi connectivity index (χ0n) is 26.6. The van der Waals surface area contributed by atoms with E-state index in [1.165, 1.54) is 6.07 Å². The van der Waals surface area contributed by atoms with E-state index in [1.54, 1.807) is 11.0 Å². The zero-order chi connectivity index (χ0) is 33.1. The Balaban J connectivity index is 1.25. The lowest BCUT2D eigenvalue weighted by molar-refractivity contribution is -0.0500. The fourth-order valence-corrected chi connectivity index (χ4v) is 7.83. The number of hydrogen-bond acceptors (Lipinski definition) is 7. The smallest absolute Gasteiger partial charge is 0.444 e. The van der Waals surface area contributed by atoms with E-state index in [1.807, 2.05) is 58.3 Å². The molecule has 2 saturated heterocycles. The average molecular weight is 660 g/mol. The Bertz CT molecular complexity index is 1690. The van der Waals surface area contributed by atoms with Crippen molar-refractivity contribution in [1.82, 2.24) is 9.80 Å². The topological polar surface area (TPSA) is 88.5 Å². The number of halogens is 3. The average Bonchev–Trinajstić information content (AvgIpc) is 3.73. The number of carbonyl (C=O) groups excluding carboxylic acids is 1. The van der Waals surface area contributed by atoms with Gasteiger partial charge in [0.25, 0.3) is 0 Å². The van der Waals surface area contributed by atoms with Crippen LogP contribution >= 0.6 is 0 Å². The molecule has 2 aromatic carbocycles. The third-order valence-corrected chi connectivity index (χ3v) is 10.6. The SMILES string of the molecule is CN1CCC2(CCc3c(OS(=O)(=O)C(F)(F)F)ccc(-c4ccc(C5=CN=C([C@@H]6CCCN6C(=O)OC(C)(C)C)C5)cc4)c32)CC1. The fourth-order valence-electron chi connectivity index (χ4n) is 7.35. The summed E-state index contributed by atoms with van der Waals surface area (Å²) in [7, 11) is -3.75. The predicted octanol–water partition coefficient (Wildman–Crippen LogP) is 7.08. The first-order chi connectivity index (χ1) is 21.6. The number of fused-ring (bicyclic) bond motifs is 2. The van der Waals surface area contributed by atoms with Crippen LogP contribution in [0, 0.1) is 0 Å². The number of piperidine rings is 1. The van der Waals surface area contributed by atoms with E-state index >= 15 is 0 Å². The summed E-state index contributed by atoms with van der Waals surface area (Å²) in [6.45, 7) is 7.88. The lowest BCUT2D eigenvalue weighted by Crippen LogP contribution is -2.43. The standard InChI is InChI=1S/C34H40F3N3O5S/c1-32(2,3)44-31(41)40-17-5-6-28(40)27-20-24(21-38-27)22-7-9-23(10-8-22)25-11-12-29(45-46(42,43)34(35,36)37)26-13-14-33(30(25)26)15-18-39(4)19-16-33/h7-12,21,28H,5-6,13-20H2,1-4H3/t28-/m0/s1. The Labute approximate surface area is 268 Å². The van der Waals surface area contributed by atoms with E-state index < -0.39 is 21.2 Å². The number of likely N-dealkylation sites (tertiary alicyclic amines) is 2.